The Labute approximate surface area is 135 Å². The summed E-state index contributed by atoms with van der Waals surface area (Å²) in [5.74, 6) is 0.851. The summed E-state index contributed by atoms with van der Waals surface area (Å²) in [6.45, 7) is 3.99. The van der Waals surface area contributed by atoms with Crippen molar-refractivity contribution in [1.29, 1.82) is 0 Å². The summed E-state index contributed by atoms with van der Waals surface area (Å²) < 4.78 is 0. The van der Waals surface area contributed by atoms with Crippen LogP contribution in [0.1, 0.15) is 13.8 Å². The monoisotopic (exact) mass is 323 g/mol. The van der Waals surface area contributed by atoms with Gasteiger partial charge in [-0.25, -0.2) is 4.99 Å². The second-order valence-electron chi connectivity index (χ2n) is 4.66. The number of hydrogen-bond acceptors (Lipinski definition) is 2. The van der Waals surface area contributed by atoms with Gasteiger partial charge in [-0.2, -0.15) is 0 Å². The molecule has 2 aromatic rings. The Kier molecular flexibility index (Phi) is 7.06. The van der Waals surface area contributed by atoms with Gasteiger partial charge in [-0.1, -0.05) is 61.3 Å². The van der Waals surface area contributed by atoms with Crippen molar-refractivity contribution in [3.05, 3.63) is 58.6 Å². The van der Waals surface area contributed by atoms with Crippen LogP contribution in [0.25, 0.3) is 0 Å². The number of anilines is 1. The normalized spacial score (nSPS) is 11.0. The number of para-hydroxylation sites is 2. The summed E-state index contributed by atoms with van der Waals surface area (Å²) in [7, 11) is 0. The molecule has 2 aromatic carbocycles. The van der Waals surface area contributed by atoms with E-state index >= 15 is 0 Å². The molecule has 0 amide bonds. The molecule has 4 N–H and O–H groups in total. The fourth-order valence-electron chi connectivity index (χ4n) is 1.29. The Balaban J connectivity index is 0.000000235. The third-order valence-corrected chi connectivity index (χ3v) is 3.26. The number of hydrogen-bond donors (Lipinski definition) is 2. The maximum Gasteiger partial charge on any atom is 0.102 e. The second-order valence-corrected chi connectivity index (χ2v) is 5.48. The smallest absolute Gasteiger partial charge is 0.102 e. The highest BCUT2D eigenvalue weighted by molar-refractivity contribution is 6.33. The maximum atomic E-state index is 5.91. The van der Waals surface area contributed by atoms with Crippen molar-refractivity contribution >= 4 is 40.4 Å². The summed E-state index contributed by atoms with van der Waals surface area (Å²) in [4.78, 5) is 4.22. The van der Waals surface area contributed by atoms with Crippen LogP contribution in [0.3, 0.4) is 0 Å². The third kappa shape index (κ3) is 6.06. The Bertz CT molecular complexity index is 589. The molecule has 0 aliphatic heterocycles. The molecule has 2 rings (SSSR count). The first-order valence-electron chi connectivity index (χ1n) is 6.50. The highest BCUT2D eigenvalue weighted by Gasteiger charge is 2.01. The summed E-state index contributed by atoms with van der Waals surface area (Å²) >= 11 is 11.5. The molecule has 0 spiro atoms. The van der Waals surface area contributed by atoms with E-state index in [1.54, 1.807) is 18.2 Å². The summed E-state index contributed by atoms with van der Waals surface area (Å²) in [5, 5.41) is 1.25. The van der Waals surface area contributed by atoms with Crippen LogP contribution in [-0.4, -0.2) is 5.84 Å². The van der Waals surface area contributed by atoms with Crippen LogP contribution in [0.5, 0.6) is 0 Å². The fourth-order valence-corrected chi connectivity index (χ4v) is 1.60. The number of nitrogen functional groups attached to an aromatic ring is 1. The van der Waals surface area contributed by atoms with Crippen molar-refractivity contribution < 1.29 is 0 Å². The van der Waals surface area contributed by atoms with E-state index in [1.165, 1.54) is 0 Å². The van der Waals surface area contributed by atoms with Crippen LogP contribution < -0.4 is 11.5 Å². The molecule has 0 bridgehead atoms. The van der Waals surface area contributed by atoms with Crippen LogP contribution in [0, 0.1) is 5.92 Å². The second kappa shape index (κ2) is 8.55. The van der Waals surface area contributed by atoms with Gasteiger partial charge in [-0.3, -0.25) is 0 Å². The molecule has 0 aliphatic carbocycles. The molecular weight excluding hydrogens is 305 g/mol. The number of benzene rings is 2. The molecule has 0 aromatic heterocycles. The molecule has 21 heavy (non-hydrogen) atoms. The molecule has 0 heterocycles. The van der Waals surface area contributed by atoms with Crippen molar-refractivity contribution in [1.82, 2.24) is 0 Å². The van der Waals surface area contributed by atoms with Crippen LogP contribution >= 0.6 is 23.2 Å². The molecule has 0 saturated heterocycles. The minimum atomic E-state index is 0.247. The predicted octanol–water partition coefficient (Wildman–Crippen LogP) is 4.91. The Morgan fingerprint density at radius 3 is 1.90 bits per heavy atom. The first-order valence-corrected chi connectivity index (χ1v) is 7.26. The average Bonchev–Trinajstić information content (AvgIpc) is 2.45. The number of nitrogens with two attached hydrogens (primary N) is 2. The molecule has 0 atom stereocenters. The molecule has 3 nitrogen and oxygen atoms in total. The Morgan fingerprint density at radius 2 is 1.48 bits per heavy atom. The van der Waals surface area contributed by atoms with Crippen LogP contribution in [0.15, 0.2) is 53.5 Å². The van der Waals surface area contributed by atoms with Gasteiger partial charge in [0, 0.05) is 5.92 Å². The number of amidine groups is 1. The SMILES string of the molecule is CC(C)C(N)=Nc1ccccc1Cl.Nc1ccccc1Cl. The molecule has 0 saturated carbocycles. The summed E-state index contributed by atoms with van der Waals surface area (Å²) in [6.07, 6.45) is 0. The van der Waals surface area contributed by atoms with Crippen molar-refractivity contribution in [2.24, 2.45) is 16.6 Å². The minimum absolute atomic E-state index is 0.247. The Morgan fingerprint density at radius 1 is 0.952 bits per heavy atom. The van der Waals surface area contributed by atoms with Gasteiger partial charge in [0.15, 0.2) is 0 Å². The quantitative estimate of drug-likeness (QED) is 0.468. The van der Waals surface area contributed by atoms with Crippen molar-refractivity contribution in [2.45, 2.75) is 13.8 Å². The highest BCUT2D eigenvalue weighted by Crippen LogP contribution is 2.23. The molecule has 0 unspecified atom stereocenters. The van der Waals surface area contributed by atoms with Gasteiger partial charge in [0.2, 0.25) is 0 Å². The highest BCUT2D eigenvalue weighted by atomic mass is 35.5. The summed E-state index contributed by atoms with van der Waals surface area (Å²) in [5.41, 5.74) is 12.5. The van der Waals surface area contributed by atoms with Gasteiger partial charge >= 0.3 is 0 Å². The number of aliphatic imine (C=N–C) groups is 1. The fraction of sp³-hybridized carbons (Fsp3) is 0.188. The van der Waals surface area contributed by atoms with E-state index < -0.39 is 0 Å². The van der Waals surface area contributed by atoms with E-state index in [-0.39, 0.29) is 5.92 Å². The maximum absolute atomic E-state index is 5.91. The van der Waals surface area contributed by atoms with E-state index in [4.69, 9.17) is 34.7 Å². The molecular formula is C16H19Cl2N3. The zero-order valence-electron chi connectivity index (χ0n) is 12.1. The van der Waals surface area contributed by atoms with Crippen molar-refractivity contribution in [2.75, 3.05) is 5.73 Å². The molecule has 0 fully saturated rings. The van der Waals surface area contributed by atoms with Crippen molar-refractivity contribution in [3.8, 4) is 0 Å². The van der Waals surface area contributed by atoms with Crippen LogP contribution in [0.2, 0.25) is 10.0 Å². The predicted molar refractivity (Wildman–Crippen MR) is 93.4 cm³/mol. The van der Waals surface area contributed by atoms with Crippen LogP contribution in [0.4, 0.5) is 11.4 Å². The first kappa shape index (κ1) is 17.3. The lowest BCUT2D eigenvalue weighted by molar-refractivity contribution is 0.873. The zero-order valence-corrected chi connectivity index (χ0v) is 13.6. The zero-order chi connectivity index (χ0) is 15.8. The lowest BCUT2D eigenvalue weighted by Gasteiger charge is -2.04. The van der Waals surface area contributed by atoms with Gasteiger partial charge in [0.1, 0.15) is 5.84 Å². The van der Waals surface area contributed by atoms with Gasteiger partial charge in [0.25, 0.3) is 0 Å². The van der Waals surface area contributed by atoms with E-state index in [9.17, 15) is 0 Å². The number of nitrogens with zero attached hydrogens (tertiary/aromatic N) is 1. The van der Waals surface area contributed by atoms with Gasteiger partial charge in [-0.05, 0) is 24.3 Å². The summed E-state index contributed by atoms with van der Waals surface area (Å²) in [6, 6.07) is 14.6. The third-order valence-electron chi connectivity index (χ3n) is 2.60. The largest absolute Gasteiger partial charge is 0.398 e. The lowest BCUT2D eigenvalue weighted by Crippen LogP contribution is -2.18. The molecule has 0 aliphatic rings. The molecule has 112 valence electrons. The standard InChI is InChI=1S/C10H13ClN2.C6H6ClN/c1-7(2)10(12)13-9-6-4-3-5-8(9)11;7-5-3-1-2-4-6(5)8/h3-7H,1-2H3,(H2,12,13);1-4H,8H2. The minimum Gasteiger partial charge on any atom is -0.398 e. The molecule has 0 radical (unpaired) electrons. The van der Waals surface area contributed by atoms with Crippen LogP contribution in [-0.2, 0) is 0 Å². The van der Waals surface area contributed by atoms with E-state index in [1.807, 2.05) is 44.2 Å². The average molecular weight is 324 g/mol. The van der Waals surface area contributed by atoms with E-state index in [0.29, 0.717) is 21.6 Å². The number of halogens is 2. The molecule has 5 heteroatoms. The number of rotatable bonds is 2. The topological polar surface area (TPSA) is 64.4 Å². The van der Waals surface area contributed by atoms with E-state index in [0.717, 1.165) is 5.69 Å². The van der Waals surface area contributed by atoms with Gasteiger partial charge in [-0.15, -0.1) is 0 Å². The first-order chi connectivity index (χ1) is 9.91. The lowest BCUT2D eigenvalue weighted by atomic mass is 10.2. The van der Waals surface area contributed by atoms with Gasteiger partial charge in [0.05, 0.1) is 21.4 Å². The van der Waals surface area contributed by atoms with Crippen molar-refractivity contribution in [3.63, 3.8) is 0 Å². The van der Waals surface area contributed by atoms with Gasteiger partial charge < -0.3 is 11.5 Å². The van der Waals surface area contributed by atoms with E-state index in [2.05, 4.69) is 4.99 Å². The Hall–Kier alpha value is -1.71.